The fraction of sp³-hybridized carbons (Fsp3) is 0.688. The maximum absolute atomic E-state index is 4.09. The van der Waals surface area contributed by atoms with Crippen molar-refractivity contribution in [2.45, 2.75) is 52.1 Å². The molecule has 2 heterocycles. The molecule has 0 saturated carbocycles. The van der Waals surface area contributed by atoms with Crippen LogP contribution >= 0.6 is 0 Å². The van der Waals surface area contributed by atoms with E-state index in [-0.39, 0.29) is 0 Å². The summed E-state index contributed by atoms with van der Waals surface area (Å²) in [6.07, 6.45) is 7.47. The van der Waals surface area contributed by atoms with Gasteiger partial charge >= 0.3 is 0 Å². The Bertz CT molecular complexity index is 356. The highest BCUT2D eigenvalue weighted by atomic mass is 15.1. The normalized spacial score (nSPS) is 18.8. The van der Waals surface area contributed by atoms with Gasteiger partial charge < -0.3 is 10.2 Å². The van der Waals surface area contributed by atoms with Crippen LogP contribution in [0.25, 0.3) is 0 Å². The average molecular weight is 261 g/mol. The van der Waals surface area contributed by atoms with Gasteiger partial charge in [0, 0.05) is 43.3 Å². The first-order chi connectivity index (χ1) is 9.20. The van der Waals surface area contributed by atoms with E-state index in [1.165, 1.54) is 24.9 Å². The Morgan fingerprint density at radius 2 is 1.89 bits per heavy atom. The van der Waals surface area contributed by atoms with Crippen molar-refractivity contribution >= 4 is 5.69 Å². The third-order valence-electron chi connectivity index (χ3n) is 4.22. The van der Waals surface area contributed by atoms with Crippen LogP contribution in [0.3, 0.4) is 0 Å². The number of anilines is 1. The first kappa shape index (κ1) is 14.3. The Hall–Kier alpha value is -1.09. The number of nitrogens with zero attached hydrogens (tertiary/aromatic N) is 2. The SMILES string of the molecule is CCC(NC1CCN(c2ccncc2)CC1)C(C)C. The van der Waals surface area contributed by atoms with Crippen molar-refractivity contribution in [1.29, 1.82) is 0 Å². The molecule has 19 heavy (non-hydrogen) atoms. The van der Waals surface area contributed by atoms with E-state index >= 15 is 0 Å². The minimum absolute atomic E-state index is 0.664. The second kappa shape index (κ2) is 6.90. The van der Waals surface area contributed by atoms with Gasteiger partial charge in [-0.1, -0.05) is 20.8 Å². The Labute approximate surface area is 117 Å². The van der Waals surface area contributed by atoms with E-state index < -0.39 is 0 Å². The second-order valence-corrected chi connectivity index (χ2v) is 5.89. The highest BCUT2D eigenvalue weighted by molar-refractivity contribution is 5.44. The molecule has 1 aromatic heterocycles. The largest absolute Gasteiger partial charge is 0.371 e. The van der Waals surface area contributed by atoms with Gasteiger partial charge in [-0.05, 0) is 37.3 Å². The van der Waals surface area contributed by atoms with Crippen LogP contribution in [-0.4, -0.2) is 30.2 Å². The van der Waals surface area contributed by atoms with Crippen LogP contribution in [0, 0.1) is 5.92 Å². The van der Waals surface area contributed by atoms with Crippen LogP contribution in [0.2, 0.25) is 0 Å². The number of hydrogen-bond donors (Lipinski definition) is 1. The molecule has 2 rings (SSSR count). The summed E-state index contributed by atoms with van der Waals surface area (Å²) in [6.45, 7) is 9.21. The predicted molar refractivity (Wildman–Crippen MR) is 81.5 cm³/mol. The zero-order valence-electron chi connectivity index (χ0n) is 12.5. The maximum Gasteiger partial charge on any atom is 0.0397 e. The first-order valence-electron chi connectivity index (χ1n) is 7.61. The van der Waals surface area contributed by atoms with Gasteiger partial charge in [-0.2, -0.15) is 0 Å². The van der Waals surface area contributed by atoms with Gasteiger partial charge in [0.2, 0.25) is 0 Å². The molecule has 1 atom stereocenters. The molecule has 1 saturated heterocycles. The van der Waals surface area contributed by atoms with Crippen molar-refractivity contribution in [2.24, 2.45) is 5.92 Å². The lowest BCUT2D eigenvalue weighted by Crippen LogP contribution is -2.47. The van der Waals surface area contributed by atoms with E-state index in [0.29, 0.717) is 12.1 Å². The average Bonchev–Trinajstić information content (AvgIpc) is 2.46. The monoisotopic (exact) mass is 261 g/mol. The molecule has 0 spiro atoms. The number of piperidine rings is 1. The second-order valence-electron chi connectivity index (χ2n) is 5.89. The molecule has 1 aliphatic heterocycles. The third-order valence-corrected chi connectivity index (χ3v) is 4.22. The van der Waals surface area contributed by atoms with Crippen molar-refractivity contribution < 1.29 is 0 Å². The van der Waals surface area contributed by atoms with Crippen molar-refractivity contribution in [3.63, 3.8) is 0 Å². The highest BCUT2D eigenvalue weighted by Gasteiger charge is 2.22. The van der Waals surface area contributed by atoms with E-state index in [4.69, 9.17) is 0 Å². The summed E-state index contributed by atoms with van der Waals surface area (Å²) in [7, 11) is 0. The summed E-state index contributed by atoms with van der Waals surface area (Å²) < 4.78 is 0. The Balaban J connectivity index is 1.82. The minimum Gasteiger partial charge on any atom is -0.371 e. The van der Waals surface area contributed by atoms with Gasteiger partial charge in [0.25, 0.3) is 0 Å². The van der Waals surface area contributed by atoms with Gasteiger partial charge in [0.05, 0.1) is 0 Å². The van der Waals surface area contributed by atoms with E-state index in [1.54, 1.807) is 0 Å². The van der Waals surface area contributed by atoms with Crippen LogP contribution < -0.4 is 10.2 Å². The molecule has 3 heteroatoms. The zero-order chi connectivity index (χ0) is 13.7. The molecule has 3 nitrogen and oxygen atoms in total. The quantitative estimate of drug-likeness (QED) is 0.883. The molecule has 1 aromatic rings. The highest BCUT2D eigenvalue weighted by Crippen LogP contribution is 2.20. The molecule has 1 N–H and O–H groups in total. The molecule has 106 valence electrons. The lowest BCUT2D eigenvalue weighted by atomic mass is 9.97. The minimum atomic E-state index is 0.664. The Morgan fingerprint density at radius 1 is 1.26 bits per heavy atom. The third kappa shape index (κ3) is 3.93. The molecule has 0 aliphatic carbocycles. The summed E-state index contributed by atoms with van der Waals surface area (Å²) >= 11 is 0. The van der Waals surface area contributed by atoms with E-state index in [9.17, 15) is 0 Å². The lowest BCUT2D eigenvalue weighted by molar-refractivity contribution is 0.310. The summed E-state index contributed by atoms with van der Waals surface area (Å²) in [5, 5.41) is 3.84. The summed E-state index contributed by atoms with van der Waals surface area (Å²) in [5.41, 5.74) is 1.31. The van der Waals surface area contributed by atoms with Gasteiger partial charge in [-0.15, -0.1) is 0 Å². The molecule has 1 unspecified atom stereocenters. The molecular formula is C16H27N3. The fourth-order valence-electron chi connectivity index (χ4n) is 2.94. The van der Waals surface area contributed by atoms with Crippen molar-refractivity contribution in [1.82, 2.24) is 10.3 Å². The van der Waals surface area contributed by atoms with Crippen LogP contribution in [0.5, 0.6) is 0 Å². The predicted octanol–water partition coefficient (Wildman–Crippen LogP) is 3.07. The topological polar surface area (TPSA) is 28.2 Å². The first-order valence-corrected chi connectivity index (χ1v) is 7.61. The molecule has 0 radical (unpaired) electrons. The number of pyridine rings is 1. The molecule has 0 bridgehead atoms. The summed E-state index contributed by atoms with van der Waals surface area (Å²) in [4.78, 5) is 6.55. The number of hydrogen-bond acceptors (Lipinski definition) is 3. The van der Waals surface area contributed by atoms with Crippen molar-refractivity contribution in [3.8, 4) is 0 Å². The van der Waals surface area contributed by atoms with Gasteiger partial charge in [-0.3, -0.25) is 4.98 Å². The molecule has 0 aromatic carbocycles. The standard InChI is InChI=1S/C16H27N3/c1-4-16(13(2)3)18-14-7-11-19(12-8-14)15-5-9-17-10-6-15/h5-6,9-10,13-14,16,18H,4,7-8,11-12H2,1-3H3. The van der Waals surface area contributed by atoms with Crippen LogP contribution in [0.1, 0.15) is 40.0 Å². The molecule has 1 aliphatic rings. The fourth-order valence-corrected chi connectivity index (χ4v) is 2.94. The van der Waals surface area contributed by atoms with Gasteiger partial charge in [0.15, 0.2) is 0 Å². The van der Waals surface area contributed by atoms with Gasteiger partial charge in [-0.25, -0.2) is 0 Å². The smallest absolute Gasteiger partial charge is 0.0397 e. The maximum atomic E-state index is 4.09. The Kier molecular flexibility index (Phi) is 5.20. The van der Waals surface area contributed by atoms with Crippen LogP contribution in [-0.2, 0) is 0 Å². The Morgan fingerprint density at radius 3 is 2.42 bits per heavy atom. The number of aromatic nitrogens is 1. The van der Waals surface area contributed by atoms with Gasteiger partial charge in [0.1, 0.15) is 0 Å². The van der Waals surface area contributed by atoms with Crippen molar-refractivity contribution in [2.75, 3.05) is 18.0 Å². The van der Waals surface area contributed by atoms with Crippen LogP contribution in [0.15, 0.2) is 24.5 Å². The number of nitrogens with one attached hydrogen (secondary N) is 1. The van der Waals surface area contributed by atoms with E-state index in [2.05, 4.69) is 48.1 Å². The van der Waals surface area contributed by atoms with E-state index in [1.807, 2.05) is 12.4 Å². The summed E-state index contributed by atoms with van der Waals surface area (Å²) in [6, 6.07) is 5.57. The van der Waals surface area contributed by atoms with Crippen LogP contribution in [0.4, 0.5) is 5.69 Å². The molecule has 0 amide bonds. The summed E-state index contributed by atoms with van der Waals surface area (Å²) in [5.74, 6) is 0.725. The van der Waals surface area contributed by atoms with E-state index in [0.717, 1.165) is 19.0 Å². The molecular weight excluding hydrogens is 234 g/mol. The van der Waals surface area contributed by atoms with Crippen molar-refractivity contribution in [3.05, 3.63) is 24.5 Å². The molecule has 1 fully saturated rings. The number of rotatable bonds is 5. The lowest BCUT2D eigenvalue weighted by Gasteiger charge is -2.36. The zero-order valence-corrected chi connectivity index (χ0v) is 12.5.